The van der Waals surface area contributed by atoms with Crippen molar-refractivity contribution in [3.05, 3.63) is 63.7 Å². The smallest absolute Gasteiger partial charge is 0.270 e. The summed E-state index contributed by atoms with van der Waals surface area (Å²) in [6.45, 7) is 1.09. The highest BCUT2D eigenvalue weighted by Gasteiger charge is 2.32. The molecule has 4 rings (SSSR count). The molecule has 0 radical (unpaired) electrons. The van der Waals surface area contributed by atoms with Crippen LogP contribution in [0.3, 0.4) is 0 Å². The van der Waals surface area contributed by atoms with Crippen molar-refractivity contribution in [2.75, 3.05) is 31.6 Å². The summed E-state index contributed by atoms with van der Waals surface area (Å²) >= 11 is 0. The molecule has 9 heteroatoms. The van der Waals surface area contributed by atoms with E-state index >= 15 is 0 Å². The van der Waals surface area contributed by atoms with E-state index in [1.807, 2.05) is 18.2 Å². The summed E-state index contributed by atoms with van der Waals surface area (Å²) in [5.74, 6) is 0. The number of benzene rings is 2. The molecule has 2 aliphatic rings. The Labute approximate surface area is 163 Å². The molecule has 1 aliphatic heterocycles. The number of ether oxygens (including phenoxy) is 1. The number of non-ortho nitro benzene ring substituents is 1. The van der Waals surface area contributed by atoms with Gasteiger partial charge in [0.1, 0.15) is 4.90 Å². The van der Waals surface area contributed by atoms with Gasteiger partial charge in [0.15, 0.2) is 0 Å². The molecule has 1 unspecified atom stereocenters. The number of rotatable bonds is 5. The van der Waals surface area contributed by atoms with E-state index in [2.05, 4.69) is 11.4 Å². The zero-order valence-electron chi connectivity index (χ0n) is 15.2. The van der Waals surface area contributed by atoms with Crippen LogP contribution in [0.2, 0.25) is 0 Å². The van der Waals surface area contributed by atoms with E-state index in [1.54, 1.807) is 0 Å². The van der Waals surface area contributed by atoms with E-state index < -0.39 is 14.9 Å². The predicted molar refractivity (Wildman–Crippen MR) is 104 cm³/mol. The molecule has 8 nitrogen and oxygen atoms in total. The van der Waals surface area contributed by atoms with Gasteiger partial charge in [0.25, 0.3) is 5.69 Å². The Bertz CT molecular complexity index is 1000. The van der Waals surface area contributed by atoms with E-state index in [-0.39, 0.29) is 29.7 Å². The highest BCUT2D eigenvalue weighted by atomic mass is 32.2. The molecular formula is C19H21N3O5S. The molecule has 1 saturated heterocycles. The van der Waals surface area contributed by atoms with Crippen molar-refractivity contribution in [3.8, 4) is 0 Å². The highest BCUT2D eigenvalue weighted by Crippen LogP contribution is 2.37. The molecule has 0 bridgehead atoms. The van der Waals surface area contributed by atoms with Gasteiger partial charge in [0, 0.05) is 25.2 Å². The van der Waals surface area contributed by atoms with Crippen molar-refractivity contribution < 1.29 is 18.1 Å². The summed E-state index contributed by atoms with van der Waals surface area (Å²) in [7, 11) is -3.88. The summed E-state index contributed by atoms with van der Waals surface area (Å²) in [6, 6.07) is 12.0. The fourth-order valence-electron chi connectivity index (χ4n) is 3.78. The Morgan fingerprint density at radius 2 is 1.89 bits per heavy atom. The maximum absolute atomic E-state index is 13.2. The molecule has 0 spiro atoms. The van der Waals surface area contributed by atoms with Gasteiger partial charge in [-0.05, 0) is 30.0 Å². The molecule has 0 saturated carbocycles. The summed E-state index contributed by atoms with van der Waals surface area (Å²) in [4.78, 5) is 10.6. The SMILES string of the molecule is O=[N+]([O-])c1ccc(NC2CCc3ccccc32)c(S(=O)(=O)N2CCOCC2)c1. The third kappa shape index (κ3) is 3.48. The molecule has 1 N–H and O–H groups in total. The Hall–Kier alpha value is -2.49. The molecule has 28 heavy (non-hydrogen) atoms. The van der Waals surface area contributed by atoms with Crippen molar-refractivity contribution in [3.63, 3.8) is 0 Å². The van der Waals surface area contributed by atoms with E-state index in [1.165, 1.54) is 22.0 Å². The summed E-state index contributed by atoms with van der Waals surface area (Å²) < 4.78 is 33.0. The van der Waals surface area contributed by atoms with Crippen LogP contribution in [0.1, 0.15) is 23.6 Å². The van der Waals surface area contributed by atoms with Gasteiger partial charge in [-0.25, -0.2) is 8.42 Å². The maximum Gasteiger partial charge on any atom is 0.270 e. The molecule has 1 heterocycles. The minimum Gasteiger partial charge on any atom is -0.379 e. The number of morpholine rings is 1. The first-order chi connectivity index (χ1) is 13.5. The van der Waals surface area contributed by atoms with Crippen molar-refractivity contribution in [2.24, 2.45) is 0 Å². The van der Waals surface area contributed by atoms with Crippen LogP contribution in [-0.4, -0.2) is 43.9 Å². The zero-order valence-corrected chi connectivity index (χ0v) is 16.0. The Kier molecular flexibility index (Phi) is 5.05. The second-order valence-electron chi connectivity index (χ2n) is 6.89. The molecule has 2 aromatic carbocycles. The van der Waals surface area contributed by atoms with Crippen LogP contribution in [0.4, 0.5) is 11.4 Å². The van der Waals surface area contributed by atoms with Crippen LogP contribution in [0.15, 0.2) is 47.4 Å². The lowest BCUT2D eigenvalue weighted by Crippen LogP contribution is -2.40. The van der Waals surface area contributed by atoms with Crippen molar-refractivity contribution >= 4 is 21.4 Å². The normalized spacial score (nSPS) is 19.9. The highest BCUT2D eigenvalue weighted by molar-refractivity contribution is 7.89. The quantitative estimate of drug-likeness (QED) is 0.608. The average Bonchev–Trinajstić information content (AvgIpc) is 3.12. The van der Waals surface area contributed by atoms with E-state index in [0.717, 1.165) is 24.5 Å². The van der Waals surface area contributed by atoms with E-state index in [4.69, 9.17) is 4.74 Å². The zero-order chi connectivity index (χ0) is 19.7. The lowest BCUT2D eigenvalue weighted by Gasteiger charge is -2.27. The maximum atomic E-state index is 13.2. The first-order valence-electron chi connectivity index (χ1n) is 9.17. The van der Waals surface area contributed by atoms with Gasteiger partial charge in [-0.15, -0.1) is 0 Å². The second-order valence-corrected chi connectivity index (χ2v) is 8.79. The predicted octanol–water partition coefficient (Wildman–Crippen LogP) is 2.72. The molecule has 0 aromatic heterocycles. The number of sulfonamides is 1. The van der Waals surface area contributed by atoms with Crippen LogP contribution in [0.25, 0.3) is 0 Å². The third-order valence-corrected chi connectivity index (χ3v) is 7.17. The topological polar surface area (TPSA) is 102 Å². The minimum atomic E-state index is -3.88. The first-order valence-corrected chi connectivity index (χ1v) is 10.6. The molecule has 1 aliphatic carbocycles. The number of hydrogen-bond acceptors (Lipinski definition) is 6. The van der Waals surface area contributed by atoms with Gasteiger partial charge >= 0.3 is 0 Å². The molecule has 0 amide bonds. The molecular weight excluding hydrogens is 382 g/mol. The summed E-state index contributed by atoms with van der Waals surface area (Å²) in [5.41, 5.74) is 2.51. The molecule has 1 atom stereocenters. The summed E-state index contributed by atoms with van der Waals surface area (Å²) in [6.07, 6.45) is 1.75. The van der Waals surface area contributed by atoms with Gasteiger partial charge in [0.05, 0.1) is 29.9 Å². The van der Waals surface area contributed by atoms with Crippen LogP contribution >= 0.6 is 0 Å². The van der Waals surface area contributed by atoms with Gasteiger partial charge in [-0.3, -0.25) is 10.1 Å². The number of nitro groups is 1. The van der Waals surface area contributed by atoms with Crippen LogP contribution in [0, 0.1) is 10.1 Å². The van der Waals surface area contributed by atoms with Gasteiger partial charge in [-0.1, -0.05) is 24.3 Å². The van der Waals surface area contributed by atoms with Crippen LogP contribution in [0.5, 0.6) is 0 Å². The fourth-order valence-corrected chi connectivity index (χ4v) is 5.36. The van der Waals surface area contributed by atoms with Gasteiger partial charge in [0.2, 0.25) is 10.0 Å². The number of hydrogen-bond donors (Lipinski definition) is 1. The lowest BCUT2D eigenvalue weighted by atomic mass is 10.1. The summed E-state index contributed by atoms with van der Waals surface area (Å²) in [5, 5.41) is 14.5. The Morgan fingerprint density at radius 3 is 2.64 bits per heavy atom. The van der Waals surface area contributed by atoms with Crippen molar-refractivity contribution in [1.82, 2.24) is 4.31 Å². The second kappa shape index (κ2) is 7.50. The molecule has 2 aromatic rings. The van der Waals surface area contributed by atoms with Crippen molar-refractivity contribution in [2.45, 2.75) is 23.8 Å². The largest absolute Gasteiger partial charge is 0.379 e. The molecule has 1 fully saturated rings. The van der Waals surface area contributed by atoms with Crippen LogP contribution < -0.4 is 5.32 Å². The lowest BCUT2D eigenvalue weighted by molar-refractivity contribution is -0.385. The monoisotopic (exact) mass is 403 g/mol. The van der Waals surface area contributed by atoms with E-state index in [0.29, 0.717) is 18.9 Å². The van der Waals surface area contributed by atoms with Gasteiger partial charge < -0.3 is 10.1 Å². The number of nitro benzene ring substituents is 1. The fraction of sp³-hybridized carbons (Fsp3) is 0.368. The molecule has 148 valence electrons. The van der Waals surface area contributed by atoms with E-state index in [9.17, 15) is 18.5 Å². The number of anilines is 1. The van der Waals surface area contributed by atoms with Gasteiger partial charge in [-0.2, -0.15) is 4.31 Å². The third-order valence-electron chi connectivity index (χ3n) is 5.23. The number of fused-ring (bicyclic) bond motifs is 1. The number of aryl methyl sites for hydroxylation is 1. The number of nitrogens with one attached hydrogen (secondary N) is 1. The van der Waals surface area contributed by atoms with Crippen molar-refractivity contribution in [1.29, 1.82) is 0 Å². The average molecular weight is 403 g/mol. The Balaban J connectivity index is 1.72. The minimum absolute atomic E-state index is 0.0312. The first kappa shape index (κ1) is 18.9. The standard InChI is InChI=1S/C19H21N3O5S/c23-22(24)15-6-8-18(20-17-7-5-14-3-1-2-4-16(14)17)19(13-15)28(25,26)21-9-11-27-12-10-21/h1-4,6,8,13,17,20H,5,7,9-12H2. The Morgan fingerprint density at radius 1 is 1.14 bits per heavy atom. The van der Waals surface area contributed by atoms with Crippen LogP contribution in [-0.2, 0) is 21.2 Å². The number of nitrogens with zero attached hydrogens (tertiary/aromatic N) is 2.